The first-order chi connectivity index (χ1) is 23.5. The van der Waals surface area contributed by atoms with Gasteiger partial charge in [0.2, 0.25) is 5.82 Å². The van der Waals surface area contributed by atoms with Crippen LogP contribution in [0.4, 0.5) is 23.4 Å². The second-order valence-corrected chi connectivity index (χ2v) is 15.7. The van der Waals surface area contributed by atoms with Gasteiger partial charge < -0.3 is 20.1 Å². The number of phenols is 1. The van der Waals surface area contributed by atoms with Gasteiger partial charge in [0, 0.05) is 49.4 Å². The summed E-state index contributed by atoms with van der Waals surface area (Å²) in [5, 5.41) is 16.3. The number of rotatable bonds is 4. The molecule has 2 aromatic heterocycles. The quantitative estimate of drug-likeness (QED) is 0.220. The molecule has 10 rings (SSSR count). The van der Waals surface area contributed by atoms with E-state index in [-0.39, 0.29) is 48.1 Å². The highest BCUT2D eigenvalue weighted by Gasteiger charge is 2.77. The number of hydrogen-bond acceptors (Lipinski definition) is 7. The van der Waals surface area contributed by atoms with Crippen molar-refractivity contribution in [1.29, 1.82) is 0 Å². The Morgan fingerprint density at radius 3 is 2.76 bits per heavy atom. The molecule has 4 aromatic rings. The van der Waals surface area contributed by atoms with Gasteiger partial charge in [-0.3, -0.25) is 4.90 Å². The van der Waals surface area contributed by atoms with Gasteiger partial charge in [0.15, 0.2) is 11.5 Å². The van der Waals surface area contributed by atoms with Crippen LogP contribution in [0.15, 0.2) is 24.3 Å². The fourth-order valence-corrected chi connectivity index (χ4v) is 10.5. The highest BCUT2D eigenvalue weighted by atomic mass is 19.3. The predicted molar refractivity (Wildman–Crippen MR) is 175 cm³/mol. The number of aromatic hydroxyl groups is 1. The molecule has 1 spiro atoms. The fraction of sp³-hybridized carbons (Fsp3) is 0.541. The van der Waals surface area contributed by atoms with Crippen LogP contribution in [0.2, 0.25) is 0 Å². The van der Waals surface area contributed by atoms with Crippen molar-refractivity contribution in [1.82, 2.24) is 20.2 Å². The summed E-state index contributed by atoms with van der Waals surface area (Å²) >= 11 is 0. The molecule has 256 valence electrons. The molecule has 1 aliphatic carbocycles. The van der Waals surface area contributed by atoms with Crippen LogP contribution in [0.3, 0.4) is 0 Å². The van der Waals surface area contributed by atoms with Gasteiger partial charge in [-0.25, -0.2) is 13.2 Å². The Hall–Kier alpha value is -3.77. The topological polar surface area (TPSA) is 77.6 Å². The van der Waals surface area contributed by atoms with E-state index >= 15 is 4.39 Å². The van der Waals surface area contributed by atoms with Gasteiger partial charge in [-0.1, -0.05) is 6.07 Å². The lowest BCUT2D eigenvalue weighted by atomic mass is 9.89. The van der Waals surface area contributed by atoms with E-state index in [4.69, 9.17) is 14.7 Å². The van der Waals surface area contributed by atoms with Crippen molar-refractivity contribution >= 4 is 27.5 Å². The number of aryl methyl sites for hydroxylation is 2. The van der Waals surface area contributed by atoms with Crippen molar-refractivity contribution in [3.63, 3.8) is 0 Å². The van der Waals surface area contributed by atoms with Crippen molar-refractivity contribution in [2.75, 3.05) is 31.1 Å². The molecular formula is C37H39F4N6O2+. The third kappa shape index (κ3) is 4.13. The summed E-state index contributed by atoms with van der Waals surface area (Å²) in [4.78, 5) is 14.3. The van der Waals surface area contributed by atoms with Gasteiger partial charge in [-0.15, -0.1) is 0 Å². The molecule has 12 heteroatoms. The lowest BCUT2D eigenvalue weighted by Crippen LogP contribution is -2.58. The minimum atomic E-state index is -2.65. The Labute approximate surface area is 281 Å². The van der Waals surface area contributed by atoms with E-state index < -0.39 is 28.5 Å². The molecule has 49 heavy (non-hydrogen) atoms. The minimum absolute atomic E-state index is 0.0337. The van der Waals surface area contributed by atoms with E-state index in [0.29, 0.717) is 58.5 Å². The highest BCUT2D eigenvalue weighted by Crippen LogP contribution is 2.69. The molecule has 8 nitrogen and oxygen atoms in total. The smallest absolute Gasteiger partial charge is 0.319 e. The van der Waals surface area contributed by atoms with Crippen LogP contribution < -0.4 is 19.5 Å². The Bertz CT molecular complexity index is 2110. The molecule has 5 aliphatic heterocycles. The summed E-state index contributed by atoms with van der Waals surface area (Å²) in [5.74, 6) is -3.09. The molecule has 2 aromatic carbocycles. The van der Waals surface area contributed by atoms with Gasteiger partial charge in [0.05, 0.1) is 16.5 Å². The summed E-state index contributed by atoms with van der Waals surface area (Å²) in [6.45, 7) is 3.67. The average Bonchev–Trinajstić information content (AvgIpc) is 3.36. The number of benzene rings is 2. The summed E-state index contributed by atoms with van der Waals surface area (Å²) in [5.41, 5.74) is 0.392. The largest absolute Gasteiger partial charge is 0.508 e. The monoisotopic (exact) mass is 675 g/mol. The van der Waals surface area contributed by atoms with Crippen LogP contribution in [-0.2, 0) is 13.5 Å². The summed E-state index contributed by atoms with van der Waals surface area (Å²) < 4.78 is 69.8. The fourth-order valence-electron chi connectivity index (χ4n) is 10.5. The van der Waals surface area contributed by atoms with Gasteiger partial charge in [0.25, 0.3) is 11.6 Å². The molecule has 6 aliphatic rings. The zero-order chi connectivity index (χ0) is 33.6. The number of phenolic OH excluding ortho intramolecular Hbond substituents is 1. The molecule has 7 heterocycles. The molecule has 0 amide bonds. The first-order valence-electron chi connectivity index (χ1n) is 17.6. The van der Waals surface area contributed by atoms with Crippen molar-refractivity contribution in [3.05, 3.63) is 47.2 Å². The first-order valence-corrected chi connectivity index (χ1v) is 17.6. The second-order valence-electron chi connectivity index (χ2n) is 15.7. The van der Waals surface area contributed by atoms with E-state index in [1.165, 1.54) is 12.1 Å². The lowest BCUT2D eigenvalue weighted by Gasteiger charge is -2.41. The summed E-state index contributed by atoms with van der Waals surface area (Å²) in [6.07, 6.45) is 5.53. The molecule has 5 fully saturated rings. The van der Waals surface area contributed by atoms with Gasteiger partial charge in [-0.05, 0) is 81.1 Å². The number of alkyl halides is 2. The number of aromatic nitrogens is 3. The molecule has 2 N–H and O–H groups in total. The van der Waals surface area contributed by atoms with Gasteiger partial charge in [0.1, 0.15) is 36.1 Å². The first kappa shape index (κ1) is 30.1. The Balaban J connectivity index is 1.16. The normalized spacial score (nSPS) is 31.1. The van der Waals surface area contributed by atoms with Gasteiger partial charge >= 0.3 is 6.01 Å². The second kappa shape index (κ2) is 9.93. The molecule has 1 saturated carbocycles. The van der Waals surface area contributed by atoms with E-state index in [0.717, 1.165) is 50.9 Å². The predicted octanol–water partition coefficient (Wildman–Crippen LogP) is 5.46. The number of nitrogens with zero attached hydrogens (tertiary/aromatic N) is 5. The maximum atomic E-state index is 17.4. The summed E-state index contributed by atoms with van der Waals surface area (Å²) in [7, 11) is 1.82. The van der Waals surface area contributed by atoms with Crippen molar-refractivity contribution < 1.29 is 32.0 Å². The molecule has 0 radical (unpaired) electrons. The maximum absolute atomic E-state index is 17.4. The van der Waals surface area contributed by atoms with Crippen LogP contribution in [0.1, 0.15) is 56.2 Å². The molecule has 2 bridgehead atoms. The molecule has 4 saturated heterocycles. The van der Waals surface area contributed by atoms with Crippen molar-refractivity contribution in [2.45, 2.75) is 87.9 Å². The standard InChI is InChI=1S/C37H38F4N6O2/c1-19-24(38)6-4-20-12-22(48)13-23(28(19)20)32-30(39)31-29-27(45(32)2)9-8-26-25-7-5-21(42-25)14-47(26)33(29)44-34(43-31)49-18-36-10-3-11-46(36)17-35(15-36)16-37(35,40)41/h4,6,12-13,21,25-26,42H,3,5,7-11,14-18H2,1-2H3/p+1/t21-,25+,26-,35+,36+/m1/s1. The van der Waals surface area contributed by atoms with E-state index in [2.05, 4.69) is 15.1 Å². The minimum Gasteiger partial charge on any atom is -0.508 e. The zero-order valence-corrected chi connectivity index (χ0v) is 27.6. The number of pyridine rings is 1. The van der Waals surface area contributed by atoms with E-state index in [1.54, 1.807) is 19.1 Å². The Morgan fingerprint density at radius 2 is 1.94 bits per heavy atom. The van der Waals surface area contributed by atoms with Crippen molar-refractivity contribution in [3.8, 4) is 23.0 Å². The summed E-state index contributed by atoms with van der Waals surface area (Å²) in [6, 6.07) is 6.74. The van der Waals surface area contributed by atoms with Crippen LogP contribution in [0.5, 0.6) is 11.8 Å². The number of anilines is 1. The number of ether oxygens (including phenoxy) is 1. The highest BCUT2D eigenvalue weighted by molar-refractivity contribution is 6.01. The average molecular weight is 676 g/mol. The number of hydrogen-bond donors (Lipinski definition) is 2. The number of piperazine rings is 1. The van der Waals surface area contributed by atoms with Crippen LogP contribution in [0, 0.1) is 24.0 Å². The van der Waals surface area contributed by atoms with E-state index in [1.807, 2.05) is 11.6 Å². The Kier molecular flexibility index (Phi) is 6.10. The number of nitrogens with one attached hydrogen (secondary N) is 1. The number of halogens is 4. The molecule has 5 atom stereocenters. The third-order valence-corrected chi connectivity index (χ3v) is 13.0. The van der Waals surface area contributed by atoms with Crippen LogP contribution in [-0.4, -0.2) is 75.8 Å². The Morgan fingerprint density at radius 1 is 1.10 bits per heavy atom. The van der Waals surface area contributed by atoms with Crippen LogP contribution >= 0.6 is 0 Å². The third-order valence-electron chi connectivity index (χ3n) is 13.0. The zero-order valence-electron chi connectivity index (χ0n) is 27.6. The maximum Gasteiger partial charge on any atom is 0.319 e. The van der Waals surface area contributed by atoms with E-state index in [9.17, 15) is 18.3 Å². The number of fused-ring (bicyclic) bond motifs is 7. The lowest BCUT2D eigenvalue weighted by molar-refractivity contribution is -0.667. The van der Waals surface area contributed by atoms with Crippen LogP contribution in [0.25, 0.3) is 32.9 Å². The molecule has 0 unspecified atom stereocenters. The van der Waals surface area contributed by atoms with Crippen molar-refractivity contribution in [2.24, 2.45) is 12.5 Å². The SMILES string of the molecule is Cc1c(F)ccc2cc(O)cc(-c3c(F)c4nc(OC[C@@]56CCCN5C[C@@]5(CC5(F)F)C6)nc5c4c([n+]3C)CC[C@@H]3[C@@H]4CC[C@H](CN53)N4)c12. The molecular weight excluding hydrogens is 636 g/mol. The van der Waals surface area contributed by atoms with Gasteiger partial charge in [-0.2, -0.15) is 18.9 Å².